The number of anilines is 1. The van der Waals surface area contributed by atoms with Crippen molar-refractivity contribution >= 4 is 21.6 Å². The van der Waals surface area contributed by atoms with Crippen molar-refractivity contribution in [3.8, 4) is 5.75 Å². The van der Waals surface area contributed by atoms with Gasteiger partial charge in [-0.3, -0.25) is 9.78 Å². The molecular formula is C19H21N3O4S. The third-order valence-electron chi connectivity index (χ3n) is 4.90. The number of aromatic nitrogens is 1. The van der Waals surface area contributed by atoms with Crippen molar-refractivity contribution in [3.05, 3.63) is 48.8 Å². The predicted octanol–water partition coefficient (Wildman–Crippen LogP) is 2.05. The average molecular weight is 387 g/mol. The second kappa shape index (κ2) is 7.28. The Balaban J connectivity index is 1.44. The van der Waals surface area contributed by atoms with E-state index in [1.807, 2.05) is 6.07 Å². The topological polar surface area (TPSA) is 79.8 Å². The van der Waals surface area contributed by atoms with E-state index in [-0.39, 0.29) is 16.9 Å². The van der Waals surface area contributed by atoms with E-state index in [9.17, 15) is 13.2 Å². The standard InChI is InChI=1S/C19H21N3O4S/c23-19-4-2-11-22(19)15-5-7-18(8-6-15)27(24,25)21-12-9-17(14-21)26-16-3-1-10-20-13-16/h1,3,5-8,10,13,17H,2,4,9,11-12,14H2. The molecule has 0 N–H and O–H groups in total. The molecule has 27 heavy (non-hydrogen) atoms. The molecule has 0 bridgehead atoms. The number of rotatable bonds is 5. The third-order valence-corrected chi connectivity index (χ3v) is 6.78. The smallest absolute Gasteiger partial charge is 0.243 e. The van der Waals surface area contributed by atoms with Crippen LogP contribution in [0.15, 0.2) is 53.7 Å². The van der Waals surface area contributed by atoms with E-state index >= 15 is 0 Å². The number of sulfonamides is 1. The molecule has 0 saturated carbocycles. The minimum Gasteiger partial charge on any atom is -0.487 e. The van der Waals surface area contributed by atoms with Gasteiger partial charge in [0.2, 0.25) is 15.9 Å². The Morgan fingerprint density at radius 1 is 1.11 bits per heavy atom. The molecule has 7 nitrogen and oxygen atoms in total. The summed E-state index contributed by atoms with van der Waals surface area (Å²) in [6, 6.07) is 10.1. The van der Waals surface area contributed by atoms with Crippen LogP contribution >= 0.6 is 0 Å². The van der Waals surface area contributed by atoms with Crippen molar-refractivity contribution in [3.63, 3.8) is 0 Å². The van der Waals surface area contributed by atoms with Gasteiger partial charge in [0.1, 0.15) is 11.9 Å². The molecule has 2 aromatic rings. The number of ether oxygens (including phenoxy) is 1. The molecule has 0 radical (unpaired) electrons. The zero-order chi connectivity index (χ0) is 18.9. The molecule has 142 valence electrons. The molecule has 1 aromatic carbocycles. The highest BCUT2D eigenvalue weighted by Crippen LogP contribution is 2.27. The molecule has 0 aliphatic carbocycles. The van der Waals surface area contributed by atoms with E-state index < -0.39 is 10.0 Å². The van der Waals surface area contributed by atoms with Crippen LogP contribution in [0.25, 0.3) is 0 Å². The molecule has 2 saturated heterocycles. The highest BCUT2D eigenvalue weighted by atomic mass is 32.2. The molecule has 3 heterocycles. The van der Waals surface area contributed by atoms with Crippen LogP contribution in [0.4, 0.5) is 5.69 Å². The molecular weight excluding hydrogens is 366 g/mol. The summed E-state index contributed by atoms with van der Waals surface area (Å²) < 4.78 is 33.1. The fourth-order valence-corrected chi connectivity index (χ4v) is 4.98. The van der Waals surface area contributed by atoms with Gasteiger partial charge in [0.05, 0.1) is 17.6 Å². The lowest BCUT2D eigenvalue weighted by Crippen LogP contribution is -2.31. The van der Waals surface area contributed by atoms with Crippen LogP contribution in [0.2, 0.25) is 0 Å². The summed E-state index contributed by atoms with van der Waals surface area (Å²) in [6.07, 6.45) is 5.11. The molecule has 8 heteroatoms. The third kappa shape index (κ3) is 3.68. The van der Waals surface area contributed by atoms with Gasteiger partial charge >= 0.3 is 0 Å². The first-order valence-corrected chi connectivity index (χ1v) is 10.5. The van der Waals surface area contributed by atoms with Gasteiger partial charge < -0.3 is 9.64 Å². The van der Waals surface area contributed by atoms with Gasteiger partial charge in [0.15, 0.2) is 0 Å². The lowest BCUT2D eigenvalue weighted by Gasteiger charge is -2.19. The Morgan fingerprint density at radius 3 is 2.59 bits per heavy atom. The Labute approximate surface area is 158 Å². The summed E-state index contributed by atoms with van der Waals surface area (Å²) in [5, 5.41) is 0. The van der Waals surface area contributed by atoms with E-state index in [2.05, 4.69) is 4.98 Å². The summed E-state index contributed by atoms with van der Waals surface area (Å²) in [5.74, 6) is 0.724. The summed E-state index contributed by atoms with van der Waals surface area (Å²) in [6.45, 7) is 1.41. The number of amides is 1. The highest BCUT2D eigenvalue weighted by Gasteiger charge is 2.34. The molecule has 1 atom stereocenters. The van der Waals surface area contributed by atoms with Crippen molar-refractivity contribution in [2.75, 3.05) is 24.5 Å². The van der Waals surface area contributed by atoms with Crippen LogP contribution in [0, 0.1) is 0 Å². The van der Waals surface area contributed by atoms with Crippen molar-refractivity contribution in [2.24, 2.45) is 0 Å². The number of hydrogen-bond acceptors (Lipinski definition) is 5. The zero-order valence-corrected chi connectivity index (χ0v) is 15.6. The number of benzene rings is 1. The van der Waals surface area contributed by atoms with Gasteiger partial charge in [-0.1, -0.05) is 0 Å². The average Bonchev–Trinajstić information content (AvgIpc) is 3.32. The van der Waals surface area contributed by atoms with Crippen LogP contribution in [0.5, 0.6) is 5.75 Å². The second-order valence-electron chi connectivity index (χ2n) is 6.72. The summed E-state index contributed by atoms with van der Waals surface area (Å²) in [4.78, 5) is 17.8. The molecule has 2 aliphatic heterocycles. The highest BCUT2D eigenvalue weighted by molar-refractivity contribution is 7.89. The summed E-state index contributed by atoms with van der Waals surface area (Å²) >= 11 is 0. The molecule has 0 spiro atoms. The maximum atomic E-state index is 12.9. The van der Waals surface area contributed by atoms with Crippen LogP contribution in [-0.4, -0.2) is 49.4 Å². The van der Waals surface area contributed by atoms with Gasteiger partial charge in [0.25, 0.3) is 0 Å². The SMILES string of the molecule is O=C1CCCN1c1ccc(S(=O)(=O)N2CCC(Oc3cccnc3)C2)cc1. The van der Waals surface area contributed by atoms with Gasteiger partial charge in [-0.2, -0.15) is 4.31 Å². The lowest BCUT2D eigenvalue weighted by atomic mass is 10.3. The number of nitrogens with zero attached hydrogens (tertiary/aromatic N) is 3. The molecule has 1 aromatic heterocycles. The lowest BCUT2D eigenvalue weighted by molar-refractivity contribution is -0.117. The first-order valence-electron chi connectivity index (χ1n) is 9.01. The van der Waals surface area contributed by atoms with Gasteiger partial charge in [0, 0.05) is 31.4 Å². The maximum Gasteiger partial charge on any atom is 0.243 e. The van der Waals surface area contributed by atoms with E-state index in [1.54, 1.807) is 47.6 Å². The number of hydrogen-bond donors (Lipinski definition) is 0. The Kier molecular flexibility index (Phi) is 4.84. The second-order valence-corrected chi connectivity index (χ2v) is 8.66. The van der Waals surface area contributed by atoms with Crippen LogP contribution in [0.3, 0.4) is 0 Å². The van der Waals surface area contributed by atoms with E-state index in [0.717, 1.165) is 12.1 Å². The normalized spacial score (nSPS) is 21.0. The fourth-order valence-electron chi connectivity index (χ4n) is 3.49. The largest absolute Gasteiger partial charge is 0.487 e. The Hall–Kier alpha value is -2.45. The minimum absolute atomic E-state index is 0.0838. The number of carbonyl (C=O) groups is 1. The Bertz CT molecular complexity index is 916. The van der Waals surface area contributed by atoms with Crippen molar-refractivity contribution < 1.29 is 17.9 Å². The van der Waals surface area contributed by atoms with E-state index in [1.165, 1.54) is 4.31 Å². The maximum absolute atomic E-state index is 12.9. The van der Waals surface area contributed by atoms with Crippen molar-refractivity contribution in [2.45, 2.75) is 30.3 Å². The molecule has 1 unspecified atom stereocenters. The molecule has 2 fully saturated rings. The van der Waals surface area contributed by atoms with Crippen LogP contribution in [-0.2, 0) is 14.8 Å². The molecule has 1 amide bonds. The Morgan fingerprint density at radius 2 is 1.93 bits per heavy atom. The van der Waals surface area contributed by atoms with Gasteiger partial charge in [-0.15, -0.1) is 0 Å². The van der Waals surface area contributed by atoms with Gasteiger partial charge in [-0.05, 0) is 49.2 Å². The number of pyridine rings is 1. The van der Waals surface area contributed by atoms with E-state index in [4.69, 9.17) is 4.74 Å². The molecule has 4 rings (SSSR count). The summed E-state index contributed by atoms with van der Waals surface area (Å²) in [5.41, 5.74) is 0.746. The van der Waals surface area contributed by atoms with Gasteiger partial charge in [-0.25, -0.2) is 8.42 Å². The zero-order valence-electron chi connectivity index (χ0n) is 14.8. The minimum atomic E-state index is -3.58. The number of carbonyl (C=O) groups excluding carboxylic acids is 1. The predicted molar refractivity (Wildman–Crippen MR) is 100 cm³/mol. The van der Waals surface area contributed by atoms with E-state index in [0.29, 0.717) is 38.2 Å². The molecule has 2 aliphatic rings. The first-order chi connectivity index (χ1) is 13.0. The van der Waals surface area contributed by atoms with Crippen LogP contribution in [0.1, 0.15) is 19.3 Å². The fraction of sp³-hybridized carbons (Fsp3) is 0.368. The monoisotopic (exact) mass is 387 g/mol. The van der Waals surface area contributed by atoms with Crippen molar-refractivity contribution in [1.29, 1.82) is 0 Å². The summed E-state index contributed by atoms with van der Waals surface area (Å²) in [7, 11) is -3.58. The van der Waals surface area contributed by atoms with Crippen LogP contribution < -0.4 is 9.64 Å². The first kappa shape index (κ1) is 17.9. The quantitative estimate of drug-likeness (QED) is 0.784. The van der Waals surface area contributed by atoms with Crippen molar-refractivity contribution in [1.82, 2.24) is 9.29 Å².